The third-order valence-corrected chi connectivity index (χ3v) is 4.95. The van der Waals surface area contributed by atoms with Crippen LogP contribution in [0.2, 0.25) is 0 Å². The number of nitrogen functional groups attached to an aromatic ring is 1. The molecule has 1 aliphatic rings. The number of rotatable bonds is 3. The van der Waals surface area contributed by atoms with Crippen LogP contribution >= 0.6 is 0 Å². The molecule has 2 atom stereocenters. The summed E-state index contributed by atoms with van der Waals surface area (Å²) in [6.45, 7) is -0.500. The van der Waals surface area contributed by atoms with E-state index in [1.54, 1.807) is 0 Å². The van der Waals surface area contributed by atoms with Crippen LogP contribution < -0.4 is 5.73 Å². The number of aliphatic hydroxyl groups is 2. The first-order chi connectivity index (χ1) is 9.23. The average molecular weight is 303 g/mol. The number of aliphatic hydroxyl groups excluding tert-OH is 2. The molecule has 1 heterocycles. The summed E-state index contributed by atoms with van der Waals surface area (Å²) < 4.78 is 25.5. The SMILES string of the molecule is Nc1cc([N+](=O)[O-])ccc1S(=O)(=O)N1CC(O)C(O)C1. The first-order valence-electron chi connectivity index (χ1n) is 5.63. The first-order valence-corrected chi connectivity index (χ1v) is 7.07. The fourth-order valence-corrected chi connectivity index (χ4v) is 3.53. The summed E-state index contributed by atoms with van der Waals surface area (Å²) in [4.78, 5) is 9.61. The summed E-state index contributed by atoms with van der Waals surface area (Å²) in [6.07, 6.45) is -2.33. The molecular formula is C10H13N3O6S. The van der Waals surface area contributed by atoms with Crippen molar-refractivity contribution in [2.45, 2.75) is 17.1 Å². The van der Waals surface area contributed by atoms with Gasteiger partial charge in [0.25, 0.3) is 5.69 Å². The van der Waals surface area contributed by atoms with Gasteiger partial charge in [0.1, 0.15) is 4.90 Å². The van der Waals surface area contributed by atoms with E-state index in [0.29, 0.717) is 0 Å². The van der Waals surface area contributed by atoms with Crippen molar-refractivity contribution in [1.82, 2.24) is 4.31 Å². The number of nitrogens with zero attached hydrogens (tertiary/aromatic N) is 2. The molecule has 0 radical (unpaired) electrons. The molecule has 1 fully saturated rings. The smallest absolute Gasteiger partial charge is 0.271 e. The highest BCUT2D eigenvalue weighted by Gasteiger charge is 2.38. The van der Waals surface area contributed by atoms with E-state index in [2.05, 4.69) is 0 Å². The second-order valence-corrected chi connectivity index (χ2v) is 6.34. The molecule has 2 rings (SSSR count). The Balaban J connectivity index is 2.38. The van der Waals surface area contributed by atoms with Crippen LogP contribution in [0.4, 0.5) is 11.4 Å². The lowest BCUT2D eigenvalue weighted by atomic mass is 10.3. The van der Waals surface area contributed by atoms with Crippen molar-refractivity contribution in [3.05, 3.63) is 28.3 Å². The number of nitro groups is 1. The number of nitrogens with two attached hydrogens (primary N) is 1. The molecule has 2 unspecified atom stereocenters. The molecule has 1 aliphatic heterocycles. The molecule has 0 saturated carbocycles. The molecule has 0 aliphatic carbocycles. The number of hydrogen-bond acceptors (Lipinski definition) is 7. The molecule has 1 saturated heterocycles. The topological polar surface area (TPSA) is 147 Å². The summed E-state index contributed by atoms with van der Waals surface area (Å²) in [5.74, 6) is 0. The van der Waals surface area contributed by atoms with Gasteiger partial charge in [-0.3, -0.25) is 10.1 Å². The molecule has 10 heteroatoms. The van der Waals surface area contributed by atoms with Crippen molar-refractivity contribution in [1.29, 1.82) is 0 Å². The molecule has 0 aromatic heterocycles. The second-order valence-electron chi connectivity index (χ2n) is 4.44. The number of nitro benzene ring substituents is 1. The Morgan fingerprint density at radius 1 is 1.30 bits per heavy atom. The van der Waals surface area contributed by atoms with Gasteiger partial charge in [0.05, 0.1) is 22.8 Å². The molecule has 1 aromatic rings. The lowest BCUT2D eigenvalue weighted by molar-refractivity contribution is -0.384. The molecule has 0 amide bonds. The average Bonchev–Trinajstić information content (AvgIpc) is 2.69. The maximum atomic E-state index is 12.3. The van der Waals surface area contributed by atoms with E-state index in [4.69, 9.17) is 5.73 Å². The number of non-ortho nitro benzene ring substituents is 1. The fourth-order valence-electron chi connectivity index (χ4n) is 1.95. The zero-order chi connectivity index (χ0) is 15.1. The fraction of sp³-hybridized carbons (Fsp3) is 0.400. The Bertz CT molecular complexity index is 636. The number of β-amino-alcohol motifs (C(OH)–C–C–N with tert-alkyl or cyclic N) is 2. The van der Waals surface area contributed by atoms with Crippen molar-refractivity contribution in [2.75, 3.05) is 18.8 Å². The highest BCUT2D eigenvalue weighted by atomic mass is 32.2. The summed E-state index contributed by atoms with van der Waals surface area (Å²) in [5.41, 5.74) is 4.98. The first kappa shape index (κ1) is 14.7. The molecule has 0 bridgehead atoms. The van der Waals surface area contributed by atoms with Crippen LogP contribution in [-0.2, 0) is 10.0 Å². The second kappa shape index (κ2) is 4.98. The van der Waals surface area contributed by atoms with Gasteiger partial charge < -0.3 is 15.9 Å². The van der Waals surface area contributed by atoms with E-state index in [1.807, 2.05) is 0 Å². The third-order valence-electron chi connectivity index (χ3n) is 3.05. The summed E-state index contributed by atoms with van der Waals surface area (Å²) in [5, 5.41) is 29.4. The number of benzene rings is 1. The van der Waals surface area contributed by atoms with Gasteiger partial charge in [-0.15, -0.1) is 0 Å². The highest BCUT2D eigenvalue weighted by molar-refractivity contribution is 7.89. The summed E-state index contributed by atoms with van der Waals surface area (Å²) in [6, 6.07) is 3.03. The van der Waals surface area contributed by atoms with Crippen molar-refractivity contribution in [2.24, 2.45) is 0 Å². The van der Waals surface area contributed by atoms with Crippen LogP contribution in [0.25, 0.3) is 0 Å². The van der Waals surface area contributed by atoms with Gasteiger partial charge in [0.2, 0.25) is 10.0 Å². The van der Waals surface area contributed by atoms with E-state index in [1.165, 1.54) is 0 Å². The largest absolute Gasteiger partial charge is 0.397 e. The van der Waals surface area contributed by atoms with Crippen LogP contribution in [0.3, 0.4) is 0 Å². The number of sulfonamides is 1. The molecule has 110 valence electrons. The van der Waals surface area contributed by atoms with Crippen molar-refractivity contribution < 1.29 is 23.6 Å². The van der Waals surface area contributed by atoms with E-state index in [-0.39, 0.29) is 29.4 Å². The van der Waals surface area contributed by atoms with Crippen LogP contribution in [0.15, 0.2) is 23.1 Å². The Kier molecular flexibility index (Phi) is 3.65. The summed E-state index contributed by atoms with van der Waals surface area (Å²) in [7, 11) is -4.01. The van der Waals surface area contributed by atoms with Gasteiger partial charge in [-0.25, -0.2) is 8.42 Å². The van der Waals surface area contributed by atoms with Gasteiger partial charge >= 0.3 is 0 Å². The lowest BCUT2D eigenvalue weighted by Gasteiger charge is -2.16. The van der Waals surface area contributed by atoms with E-state index >= 15 is 0 Å². The standard InChI is InChI=1S/C10H13N3O6S/c11-7-3-6(13(16)17)1-2-10(7)20(18,19)12-4-8(14)9(15)5-12/h1-3,8-9,14-15H,4-5,11H2. The van der Waals surface area contributed by atoms with Crippen molar-refractivity contribution >= 4 is 21.4 Å². The van der Waals surface area contributed by atoms with E-state index in [9.17, 15) is 28.7 Å². The maximum absolute atomic E-state index is 12.3. The molecule has 20 heavy (non-hydrogen) atoms. The van der Waals surface area contributed by atoms with Gasteiger partial charge in [0.15, 0.2) is 0 Å². The van der Waals surface area contributed by atoms with Gasteiger partial charge in [-0.2, -0.15) is 4.31 Å². The summed E-state index contributed by atoms with van der Waals surface area (Å²) >= 11 is 0. The van der Waals surface area contributed by atoms with E-state index in [0.717, 1.165) is 22.5 Å². The zero-order valence-electron chi connectivity index (χ0n) is 10.2. The zero-order valence-corrected chi connectivity index (χ0v) is 11.0. The molecule has 1 aromatic carbocycles. The number of anilines is 1. The quantitative estimate of drug-likeness (QED) is 0.365. The minimum Gasteiger partial charge on any atom is -0.397 e. The number of hydrogen-bond donors (Lipinski definition) is 3. The minimum atomic E-state index is -4.01. The Hall–Kier alpha value is -1.75. The normalized spacial score (nSPS) is 23.9. The van der Waals surface area contributed by atoms with E-state index < -0.39 is 27.2 Å². The maximum Gasteiger partial charge on any atom is 0.271 e. The van der Waals surface area contributed by atoms with Crippen LogP contribution in [-0.4, -0.2) is 53.2 Å². The monoisotopic (exact) mass is 303 g/mol. The van der Waals surface area contributed by atoms with Gasteiger partial charge in [0, 0.05) is 25.2 Å². The lowest BCUT2D eigenvalue weighted by Crippen LogP contribution is -2.30. The highest BCUT2D eigenvalue weighted by Crippen LogP contribution is 2.28. The van der Waals surface area contributed by atoms with Gasteiger partial charge in [-0.05, 0) is 6.07 Å². The Morgan fingerprint density at radius 2 is 1.85 bits per heavy atom. The van der Waals surface area contributed by atoms with Crippen LogP contribution in [0, 0.1) is 10.1 Å². The van der Waals surface area contributed by atoms with Gasteiger partial charge in [-0.1, -0.05) is 0 Å². The van der Waals surface area contributed by atoms with Crippen LogP contribution in [0.5, 0.6) is 0 Å². The molecule has 4 N–H and O–H groups in total. The third kappa shape index (κ3) is 2.45. The van der Waals surface area contributed by atoms with Crippen molar-refractivity contribution in [3.8, 4) is 0 Å². The van der Waals surface area contributed by atoms with Crippen LogP contribution in [0.1, 0.15) is 0 Å². The predicted molar refractivity (Wildman–Crippen MR) is 68.3 cm³/mol. The Morgan fingerprint density at radius 3 is 2.30 bits per heavy atom. The Labute approximate surface area is 114 Å². The van der Waals surface area contributed by atoms with Crippen molar-refractivity contribution in [3.63, 3.8) is 0 Å². The molecule has 0 spiro atoms. The predicted octanol–water partition coefficient (Wildman–Crippen LogP) is -1.10. The molecule has 9 nitrogen and oxygen atoms in total. The minimum absolute atomic E-state index is 0.250. The molecular weight excluding hydrogens is 290 g/mol.